The molecular weight excluding hydrogens is 278 g/mol. The average molecular weight is 299 g/mol. The van der Waals surface area contributed by atoms with E-state index in [1.165, 1.54) is 12.1 Å². The van der Waals surface area contributed by atoms with Gasteiger partial charge in [-0.3, -0.25) is 0 Å². The summed E-state index contributed by atoms with van der Waals surface area (Å²) in [7, 11) is -3.74. The van der Waals surface area contributed by atoms with Crippen LogP contribution in [0.15, 0.2) is 23.1 Å². The number of nitrogens with zero attached hydrogens (tertiary/aromatic N) is 1. The van der Waals surface area contributed by atoms with Gasteiger partial charge in [-0.15, -0.1) is 0 Å². The van der Waals surface area contributed by atoms with Crippen molar-refractivity contribution in [1.82, 2.24) is 0 Å². The van der Waals surface area contributed by atoms with E-state index in [9.17, 15) is 8.42 Å². The molecule has 1 aromatic carbocycles. The molecule has 1 unspecified atom stereocenters. The quantitative estimate of drug-likeness (QED) is 0.707. The molecule has 1 fully saturated rings. The normalized spacial score (nSPS) is 20.1. The lowest BCUT2D eigenvalue weighted by molar-refractivity contribution is 0.262. The number of aliphatic hydroxyl groups excluding tert-OH is 1. The summed E-state index contributed by atoms with van der Waals surface area (Å²) in [6.45, 7) is 0.916. The highest BCUT2D eigenvalue weighted by atomic mass is 32.2. The van der Waals surface area contributed by atoms with Crippen LogP contribution in [-0.2, 0) is 10.0 Å². The molecule has 20 heavy (non-hydrogen) atoms. The maximum atomic E-state index is 11.5. The summed E-state index contributed by atoms with van der Waals surface area (Å²) >= 11 is 0. The van der Waals surface area contributed by atoms with Crippen molar-refractivity contribution < 1.29 is 13.5 Å². The smallest absolute Gasteiger partial charge is 0.238 e. The predicted molar refractivity (Wildman–Crippen MR) is 78.9 cm³/mol. The van der Waals surface area contributed by atoms with Crippen LogP contribution in [0.1, 0.15) is 25.7 Å². The van der Waals surface area contributed by atoms with Crippen LogP contribution < -0.4 is 15.8 Å². The van der Waals surface area contributed by atoms with Crippen LogP contribution in [0.2, 0.25) is 0 Å². The molecule has 0 amide bonds. The van der Waals surface area contributed by atoms with E-state index in [-0.39, 0.29) is 17.5 Å². The second-order valence-corrected chi connectivity index (χ2v) is 6.68. The van der Waals surface area contributed by atoms with Crippen molar-refractivity contribution in [3.63, 3.8) is 0 Å². The van der Waals surface area contributed by atoms with Crippen molar-refractivity contribution in [2.24, 2.45) is 5.14 Å². The molecule has 0 radical (unpaired) electrons. The molecule has 1 aromatic rings. The van der Waals surface area contributed by atoms with Crippen LogP contribution in [0.25, 0.3) is 0 Å². The molecule has 0 bridgehead atoms. The van der Waals surface area contributed by atoms with Gasteiger partial charge in [0.15, 0.2) is 0 Å². The lowest BCUT2D eigenvalue weighted by Crippen LogP contribution is -2.40. The fraction of sp³-hybridized carbons (Fsp3) is 0.538. The number of hydrogen-bond donors (Lipinski definition) is 3. The molecule has 2 rings (SSSR count). The zero-order valence-electron chi connectivity index (χ0n) is 11.3. The summed E-state index contributed by atoms with van der Waals surface area (Å²) in [6, 6.07) is 4.70. The SMILES string of the molecule is Nc1ccc(S(N)(=O)=O)cc1N1CCCCC1CCO. The molecule has 1 aliphatic heterocycles. The van der Waals surface area contributed by atoms with Gasteiger partial charge in [0.1, 0.15) is 0 Å². The van der Waals surface area contributed by atoms with Crippen molar-refractivity contribution in [2.75, 3.05) is 23.8 Å². The molecule has 5 N–H and O–H groups in total. The average Bonchev–Trinajstić information content (AvgIpc) is 2.39. The Morgan fingerprint density at radius 1 is 1.35 bits per heavy atom. The van der Waals surface area contributed by atoms with Gasteiger partial charge >= 0.3 is 0 Å². The highest BCUT2D eigenvalue weighted by Crippen LogP contribution is 2.32. The zero-order valence-corrected chi connectivity index (χ0v) is 12.1. The Balaban J connectivity index is 2.39. The number of piperidine rings is 1. The minimum absolute atomic E-state index is 0.0648. The second-order valence-electron chi connectivity index (χ2n) is 5.12. The summed E-state index contributed by atoms with van der Waals surface area (Å²) in [5, 5.41) is 14.3. The van der Waals surface area contributed by atoms with E-state index in [0.717, 1.165) is 25.8 Å². The number of benzene rings is 1. The number of hydrogen-bond acceptors (Lipinski definition) is 5. The Labute approximate surface area is 119 Å². The fourth-order valence-electron chi connectivity index (χ4n) is 2.72. The molecule has 1 atom stereocenters. The Bertz CT molecular complexity index is 572. The molecule has 1 aliphatic rings. The second kappa shape index (κ2) is 5.99. The van der Waals surface area contributed by atoms with Gasteiger partial charge in [0.2, 0.25) is 10.0 Å². The van der Waals surface area contributed by atoms with Crippen molar-refractivity contribution in [3.05, 3.63) is 18.2 Å². The van der Waals surface area contributed by atoms with Gasteiger partial charge in [-0.05, 0) is 43.9 Å². The zero-order chi connectivity index (χ0) is 14.8. The van der Waals surface area contributed by atoms with Crippen molar-refractivity contribution in [1.29, 1.82) is 0 Å². The minimum atomic E-state index is -3.74. The lowest BCUT2D eigenvalue weighted by Gasteiger charge is -2.38. The number of nitrogens with two attached hydrogens (primary N) is 2. The summed E-state index contributed by atoms with van der Waals surface area (Å²) in [5.74, 6) is 0. The van der Waals surface area contributed by atoms with Gasteiger partial charge in [-0.2, -0.15) is 0 Å². The van der Waals surface area contributed by atoms with Crippen LogP contribution in [0, 0.1) is 0 Å². The van der Waals surface area contributed by atoms with E-state index in [1.54, 1.807) is 6.07 Å². The van der Waals surface area contributed by atoms with Crippen LogP contribution in [0.4, 0.5) is 11.4 Å². The van der Waals surface area contributed by atoms with Crippen LogP contribution in [0.5, 0.6) is 0 Å². The minimum Gasteiger partial charge on any atom is -0.397 e. The first-order valence-electron chi connectivity index (χ1n) is 6.73. The summed E-state index contributed by atoms with van der Waals surface area (Å²) < 4.78 is 22.9. The van der Waals surface area contributed by atoms with E-state index in [1.807, 2.05) is 0 Å². The number of rotatable bonds is 4. The van der Waals surface area contributed by atoms with Crippen molar-refractivity contribution in [2.45, 2.75) is 36.6 Å². The largest absolute Gasteiger partial charge is 0.397 e. The Hall–Kier alpha value is -1.31. The lowest BCUT2D eigenvalue weighted by atomic mass is 9.98. The van der Waals surface area contributed by atoms with Gasteiger partial charge in [-0.1, -0.05) is 0 Å². The molecule has 0 spiro atoms. The van der Waals surface area contributed by atoms with Gasteiger partial charge < -0.3 is 15.7 Å². The van der Waals surface area contributed by atoms with Crippen LogP contribution >= 0.6 is 0 Å². The Morgan fingerprint density at radius 3 is 2.75 bits per heavy atom. The third kappa shape index (κ3) is 3.23. The molecule has 0 aromatic heterocycles. The van der Waals surface area contributed by atoms with E-state index >= 15 is 0 Å². The first-order chi connectivity index (χ1) is 9.43. The van der Waals surface area contributed by atoms with Crippen molar-refractivity contribution in [3.8, 4) is 0 Å². The first kappa shape index (κ1) is 15.1. The molecule has 0 saturated carbocycles. The number of primary sulfonamides is 1. The number of aliphatic hydroxyl groups is 1. The topological polar surface area (TPSA) is 110 Å². The molecule has 1 saturated heterocycles. The molecular formula is C13H21N3O3S. The van der Waals surface area contributed by atoms with Gasteiger partial charge in [0, 0.05) is 19.2 Å². The maximum Gasteiger partial charge on any atom is 0.238 e. The molecule has 7 heteroatoms. The monoisotopic (exact) mass is 299 g/mol. The third-order valence-corrected chi connectivity index (χ3v) is 4.64. The summed E-state index contributed by atoms with van der Waals surface area (Å²) in [6.07, 6.45) is 3.76. The highest BCUT2D eigenvalue weighted by Gasteiger charge is 2.24. The maximum absolute atomic E-state index is 11.5. The highest BCUT2D eigenvalue weighted by molar-refractivity contribution is 7.89. The molecule has 1 heterocycles. The van der Waals surface area contributed by atoms with Gasteiger partial charge in [-0.25, -0.2) is 13.6 Å². The predicted octanol–water partition coefficient (Wildman–Crippen LogP) is 0.657. The Morgan fingerprint density at radius 2 is 2.10 bits per heavy atom. The van der Waals surface area contributed by atoms with Crippen LogP contribution in [0.3, 0.4) is 0 Å². The van der Waals surface area contributed by atoms with E-state index in [2.05, 4.69) is 4.90 Å². The van der Waals surface area contributed by atoms with E-state index in [4.69, 9.17) is 16.0 Å². The Kier molecular flexibility index (Phi) is 4.52. The van der Waals surface area contributed by atoms with E-state index in [0.29, 0.717) is 17.8 Å². The van der Waals surface area contributed by atoms with Crippen LogP contribution in [-0.4, -0.2) is 32.7 Å². The fourth-order valence-corrected chi connectivity index (χ4v) is 3.25. The first-order valence-corrected chi connectivity index (χ1v) is 8.28. The van der Waals surface area contributed by atoms with Gasteiger partial charge in [0.05, 0.1) is 16.3 Å². The van der Waals surface area contributed by atoms with E-state index < -0.39 is 10.0 Å². The number of sulfonamides is 1. The standard InChI is InChI=1S/C13H21N3O3S/c14-12-5-4-11(20(15,18)19)9-13(12)16-7-2-1-3-10(16)6-8-17/h4-5,9-10,17H,1-3,6-8,14H2,(H2,15,18,19). The van der Waals surface area contributed by atoms with Gasteiger partial charge in [0.25, 0.3) is 0 Å². The molecule has 0 aliphatic carbocycles. The molecule has 112 valence electrons. The number of anilines is 2. The third-order valence-electron chi connectivity index (χ3n) is 3.73. The van der Waals surface area contributed by atoms with Crippen molar-refractivity contribution >= 4 is 21.4 Å². The summed E-state index contributed by atoms with van der Waals surface area (Å²) in [4.78, 5) is 2.15. The molecule has 6 nitrogen and oxygen atoms in total. The number of nitrogen functional groups attached to an aromatic ring is 1. The summed E-state index contributed by atoms with van der Waals surface area (Å²) in [5.41, 5.74) is 7.20.